The smallest absolute Gasteiger partial charge is 0.0925 e. The fourth-order valence-electron chi connectivity index (χ4n) is 1.83. The zero-order valence-electron chi connectivity index (χ0n) is 12.4. The fraction of sp³-hybridized carbons (Fsp3) is 0.500. The number of azo groups is 1. The number of hydrogen-bond acceptors (Lipinski definition) is 2. The first-order chi connectivity index (χ1) is 8.43. The van der Waals surface area contributed by atoms with Crippen LogP contribution in [-0.4, -0.2) is 0 Å². The average molecular weight is 244 g/mol. The van der Waals surface area contributed by atoms with Crippen molar-refractivity contribution in [3.05, 3.63) is 41.1 Å². The Hall–Kier alpha value is -1.44. The second-order valence-corrected chi connectivity index (χ2v) is 5.52. The first kappa shape index (κ1) is 14.6. The van der Waals surface area contributed by atoms with E-state index in [-0.39, 0.29) is 0 Å². The third kappa shape index (κ3) is 3.80. The molecule has 0 radical (unpaired) electrons. The summed E-state index contributed by atoms with van der Waals surface area (Å²) >= 11 is 0. The lowest BCUT2D eigenvalue weighted by atomic mass is 9.93. The summed E-state index contributed by atoms with van der Waals surface area (Å²) in [6, 6.07) is 6.41. The highest BCUT2D eigenvalue weighted by atomic mass is 15.1. The average Bonchev–Trinajstić information content (AvgIpc) is 2.28. The van der Waals surface area contributed by atoms with Crippen LogP contribution in [0.1, 0.15) is 64.5 Å². The van der Waals surface area contributed by atoms with Gasteiger partial charge in [0.15, 0.2) is 0 Å². The largest absolute Gasteiger partial charge is 0.159 e. The van der Waals surface area contributed by atoms with E-state index in [0.29, 0.717) is 11.8 Å². The highest BCUT2D eigenvalue weighted by molar-refractivity contribution is 5.55. The lowest BCUT2D eigenvalue weighted by Gasteiger charge is -2.15. The third-order valence-electron chi connectivity index (χ3n) is 2.82. The quantitative estimate of drug-likeness (QED) is 0.585. The van der Waals surface area contributed by atoms with Gasteiger partial charge in [0.05, 0.1) is 5.69 Å². The predicted molar refractivity (Wildman–Crippen MR) is 78.6 cm³/mol. The molecule has 0 bridgehead atoms. The van der Waals surface area contributed by atoms with Gasteiger partial charge in [-0.05, 0) is 36.8 Å². The summed E-state index contributed by atoms with van der Waals surface area (Å²) in [5.41, 5.74) is 4.74. The van der Waals surface area contributed by atoms with Crippen LogP contribution in [-0.2, 0) is 0 Å². The van der Waals surface area contributed by atoms with Gasteiger partial charge in [-0.15, -0.1) is 0 Å². The Kier molecular flexibility index (Phi) is 5.26. The van der Waals surface area contributed by atoms with Crippen molar-refractivity contribution in [2.45, 2.75) is 53.4 Å². The number of nitrogens with zero attached hydrogens (tertiary/aromatic N) is 2. The minimum atomic E-state index is 0.462. The van der Waals surface area contributed by atoms with Gasteiger partial charge in [-0.25, -0.2) is 0 Å². The van der Waals surface area contributed by atoms with Gasteiger partial charge >= 0.3 is 0 Å². The normalized spacial score (nSPS) is 11.6. The molecule has 0 atom stereocenters. The van der Waals surface area contributed by atoms with Crippen molar-refractivity contribution in [2.24, 2.45) is 10.2 Å². The molecule has 2 heteroatoms. The molecule has 98 valence electrons. The van der Waals surface area contributed by atoms with E-state index in [1.807, 2.05) is 13.8 Å². The van der Waals surface area contributed by atoms with Crippen LogP contribution in [0.5, 0.6) is 0 Å². The SMILES string of the molecule is CC(C)=CN=Nc1c(C(C)C)cccc1C(C)C. The number of hydrogen-bond donors (Lipinski definition) is 0. The van der Waals surface area contributed by atoms with Gasteiger partial charge in [0, 0.05) is 6.20 Å². The Morgan fingerprint density at radius 3 is 1.89 bits per heavy atom. The molecule has 18 heavy (non-hydrogen) atoms. The molecule has 0 spiro atoms. The molecule has 0 aromatic heterocycles. The molecular weight excluding hydrogens is 220 g/mol. The van der Waals surface area contributed by atoms with Crippen molar-refractivity contribution in [1.82, 2.24) is 0 Å². The van der Waals surface area contributed by atoms with E-state index in [4.69, 9.17) is 0 Å². The molecule has 1 aromatic carbocycles. The van der Waals surface area contributed by atoms with Crippen LogP contribution in [0, 0.1) is 0 Å². The zero-order chi connectivity index (χ0) is 13.7. The maximum Gasteiger partial charge on any atom is 0.0925 e. The van der Waals surface area contributed by atoms with Gasteiger partial charge in [0.25, 0.3) is 0 Å². The predicted octanol–water partition coefficient (Wildman–Crippen LogP) is 5.94. The summed E-state index contributed by atoms with van der Waals surface area (Å²) in [5, 5.41) is 8.63. The summed E-state index contributed by atoms with van der Waals surface area (Å²) in [7, 11) is 0. The van der Waals surface area contributed by atoms with Crippen LogP contribution < -0.4 is 0 Å². The summed E-state index contributed by atoms with van der Waals surface area (Å²) < 4.78 is 0. The van der Waals surface area contributed by atoms with Gasteiger partial charge in [-0.3, -0.25) is 0 Å². The van der Waals surface area contributed by atoms with Crippen molar-refractivity contribution >= 4 is 5.69 Å². The van der Waals surface area contributed by atoms with Crippen LogP contribution in [0.2, 0.25) is 0 Å². The van der Waals surface area contributed by atoms with E-state index in [1.54, 1.807) is 6.20 Å². The van der Waals surface area contributed by atoms with E-state index >= 15 is 0 Å². The van der Waals surface area contributed by atoms with Crippen LogP contribution in [0.3, 0.4) is 0 Å². The van der Waals surface area contributed by atoms with Gasteiger partial charge < -0.3 is 0 Å². The third-order valence-corrected chi connectivity index (χ3v) is 2.82. The molecule has 1 aromatic rings. The molecule has 0 aliphatic heterocycles. The van der Waals surface area contributed by atoms with Crippen molar-refractivity contribution in [1.29, 1.82) is 0 Å². The first-order valence-electron chi connectivity index (χ1n) is 6.60. The summed E-state index contributed by atoms with van der Waals surface area (Å²) in [6.45, 7) is 12.8. The highest BCUT2D eigenvalue weighted by Crippen LogP contribution is 2.34. The van der Waals surface area contributed by atoms with Crippen molar-refractivity contribution < 1.29 is 0 Å². The van der Waals surface area contributed by atoms with Crippen LogP contribution in [0.25, 0.3) is 0 Å². The molecule has 0 fully saturated rings. The Morgan fingerprint density at radius 1 is 1.00 bits per heavy atom. The molecular formula is C16H24N2. The van der Waals surface area contributed by atoms with E-state index in [2.05, 4.69) is 56.1 Å². The Labute approximate surface area is 111 Å². The molecule has 0 unspecified atom stereocenters. The molecule has 0 heterocycles. The van der Waals surface area contributed by atoms with Crippen LogP contribution in [0.4, 0.5) is 5.69 Å². The standard InChI is InChI=1S/C16H24N2/c1-11(2)10-17-18-16-14(12(3)4)8-7-9-15(16)13(5)6/h7-10,12-13H,1-6H3. The van der Waals surface area contributed by atoms with Crippen molar-refractivity contribution in [2.75, 3.05) is 0 Å². The lowest BCUT2D eigenvalue weighted by molar-refractivity contribution is 0.830. The first-order valence-corrected chi connectivity index (χ1v) is 6.60. The van der Waals surface area contributed by atoms with E-state index in [9.17, 15) is 0 Å². The van der Waals surface area contributed by atoms with E-state index < -0.39 is 0 Å². The minimum Gasteiger partial charge on any atom is -0.159 e. The second kappa shape index (κ2) is 6.48. The number of rotatable bonds is 4. The van der Waals surface area contributed by atoms with E-state index in [1.165, 1.54) is 11.1 Å². The number of benzene rings is 1. The van der Waals surface area contributed by atoms with Gasteiger partial charge in [0.2, 0.25) is 0 Å². The van der Waals surface area contributed by atoms with Crippen molar-refractivity contribution in [3.63, 3.8) is 0 Å². The molecule has 2 nitrogen and oxygen atoms in total. The maximum absolute atomic E-state index is 4.44. The second-order valence-electron chi connectivity index (χ2n) is 5.52. The summed E-state index contributed by atoms with van der Waals surface area (Å²) in [5.74, 6) is 0.925. The summed E-state index contributed by atoms with van der Waals surface area (Å²) in [6.07, 6.45) is 1.81. The van der Waals surface area contributed by atoms with Crippen LogP contribution in [0.15, 0.2) is 40.2 Å². The topological polar surface area (TPSA) is 24.7 Å². The van der Waals surface area contributed by atoms with Crippen LogP contribution >= 0.6 is 0 Å². The van der Waals surface area contributed by atoms with Crippen molar-refractivity contribution in [3.8, 4) is 0 Å². The monoisotopic (exact) mass is 244 g/mol. The van der Waals surface area contributed by atoms with E-state index in [0.717, 1.165) is 11.3 Å². The molecule has 1 rings (SSSR count). The Balaban J connectivity index is 3.27. The van der Waals surface area contributed by atoms with Gasteiger partial charge in [-0.1, -0.05) is 51.5 Å². The molecule has 0 N–H and O–H groups in total. The van der Waals surface area contributed by atoms with Gasteiger partial charge in [-0.2, -0.15) is 10.2 Å². The fourth-order valence-corrected chi connectivity index (χ4v) is 1.83. The highest BCUT2D eigenvalue weighted by Gasteiger charge is 2.12. The Bertz CT molecular complexity index is 424. The minimum absolute atomic E-state index is 0.462. The zero-order valence-corrected chi connectivity index (χ0v) is 12.4. The lowest BCUT2D eigenvalue weighted by Crippen LogP contribution is -1.94. The molecule has 0 aliphatic carbocycles. The molecule has 0 amide bonds. The maximum atomic E-state index is 4.44. The Morgan fingerprint density at radius 2 is 1.50 bits per heavy atom. The molecule has 0 saturated heterocycles. The molecule has 0 aliphatic rings. The molecule has 0 saturated carbocycles. The number of allylic oxidation sites excluding steroid dienone is 1. The summed E-state index contributed by atoms with van der Waals surface area (Å²) in [4.78, 5) is 0. The van der Waals surface area contributed by atoms with Gasteiger partial charge in [0.1, 0.15) is 0 Å².